The normalized spacial score (nSPS) is 12.3. The molecule has 7 heteroatoms. The topological polar surface area (TPSA) is 99.1 Å². The van der Waals surface area contributed by atoms with E-state index in [0.29, 0.717) is 13.2 Å². The van der Waals surface area contributed by atoms with Gasteiger partial charge in [0.05, 0.1) is 13.2 Å². The fourth-order valence-corrected chi connectivity index (χ4v) is 1.37. The first-order valence-corrected chi connectivity index (χ1v) is 5.82. The van der Waals surface area contributed by atoms with E-state index in [1.807, 2.05) is 0 Å². The monoisotopic (exact) mass is 262 g/mol. The number of urea groups is 1. The number of rotatable bonds is 8. The molecule has 18 heavy (non-hydrogen) atoms. The summed E-state index contributed by atoms with van der Waals surface area (Å²) in [6.45, 7) is 4.01. The average molecular weight is 262 g/mol. The molecule has 3 N–H and O–H groups in total. The lowest BCUT2D eigenvalue weighted by Crippen LogP contribution is -2.51. The van der Waals surface area contributed by atoms with Crippen LogP contribution in [0.1, 0.15) is 13.8 Å². The fraction of sp³-hybridized carbons (Fsp3) is 0.818. The van der Waals surface area contributed by atoms with Crippen molar-refractivity contribution in [2.45, 2.75) is 19.9 Å². The highest BCUT2D eigenvalue weighted by Crippen LogP contribution is 2.03. The summed E-state index contributed by atoms with van der Waals surface area (Å²) in [6.07, 6.45) is 0. The lowest BCUT2D eigenvalue weighted by atomic mass is 10.1. The largest absolute Gasteiger partial charge is 0.480 e. The molecule has 0 fully saturated rings. The number of nitrogens with zero attached hydrogens (tertiary/aromatic N) is 1. The van der Waals surface area contributed by atoms with Crippen LogP contribution in [0.5, 0.6) is 0 Å². The standard InChI is InChI=1S/C11H22N2O5/c1-8(2)9(10(15)16)12-11(17)13(4-6-14)5-7-18-3/h8-9,14H,4-7H2,1-3H3,(H,12,17)(H,15,16)/t9-/m1/s1. The molecule has 0 saturated heterocycles. The highest BCUT2D eigenvalue weighted by Gasteiger charge is 2.25. The van der Waals surface area contributed by atoms with Gasteiger partial charge < -0.3 is 25.2 Å². The van der Waals surface area contributed by atoms with Crippen LogP contribution in [-0.4, -0.2) is 66.6 Å². The molecule has 0 aliphatic heterocycles. The van der Waals surface area contributed by atoms with E-state index in [-0.39, 0.29) is 19.1 Å². The molecule has 0 rings (SSSR count). The second-order valence-electron chi connectivity index (χ2n) is 4.21. The van der Waals surface area contributed by atoms with E-state index >= 15 is 0 Å². The highest BCUT2D eigenvalue weighted by atomic mass is 16.5. The van der Waals surface area contributed by atoms with Gasteiger partial charge in [-0.25, -0.2) is 9.59 Å². The minimum Gasteiger partial charge on any atom is -0.480 e. The molecule has 0 radical (unpaired) electrons. The summed E-state index contributed by atoms with van der Waals surface area (Å²) in [5, 5.41) is 20.3. The number of carboxylic acids is 1. The fourth-order valence-electron chi connectivity index (χ4n) is 1.37. The van der Waals surface area contributed by atoms with E-state index in [9.17, 15) is 9.59 Å². The zero-order valence-electron chi connectivity index (χ0n) is 11.0. The van der Waals surface area contributed by atoms with Gasteiger partial charge in [0.1, 0.15) is 6.04 Å². The number of hydrogen-bond acceptors (Lipinski definition) is 4. The molecule has 1 atom stereocenters. The predicted molar refractivity (Wildman–Crippen MR) is 65.3 cm³/mol. The van der Waals surface area contributed by atoms with Crippen molar-refractivity contribution in [3.63, 3.8) is 0 Å². The zero-order valence-corrected chi connectivity index (χ0v) is 11.0. The van der Waals surface area contributed by atoms with E-state index in [4.69, 9.17) is 14.9 Å². The van der Waals surface area contributed by atoms with Crippen LogP contribution in [-0.2, 0) is 9.53 Å². The van der Waals surface area contributed by atoms with Crippen molar-refractivity contribution in [2.24, 2.45) is 5.92 Å². The molecule has 0 saturated carbocycles. The number of carboxylic acid groups (broad SMARTS) is 1. The summed E-state index contributed by atoms with van der Waals surface area (Å²) < 4.78 is 4.85. The Morgan fingerprint density at radius 3 is 2.33 bits per heavy atom. The molecule has 7 nitrogen and oxygen atoms in total. The molecule has 0 aromatic heterocycles. The number of nitrogens with one attached hydrogen (secondary N) is 1. The third kappa shape index (κ3) is 5.83. The summed E-state index contributed by atoms with van der Waals surface area (Å²) in [5.74, 6) is -1.29. The number of aliphatic hydroxyl groups excluding tert-OH is 1. The van der Waals surface area contributed by atoms with Crippen LogP contribution in [0, 0.1) is 5.92 Å². The van der Waals surface area contributed by atoms with Crippen molar-refractivity contribution in [3.05, 3.63) is 0 Å². The van der Waals surface area contributed by atoms with E-state index in [1.165, 1.54) is 12.0 Å². The maximum Gasteiger partial charge on any atom is 0.326 e. The molecule has 0 aliphatic rings. The molecule has 0 heterocycles. The van der Waals surface area contributed by atoms with Gasteiger partial charge in [-0.3, -0.25) is 0 Å². The van der Waals surface area contributed by atoms with Crippen LogP contribution >= 0.6 is 0 Å². The molecule has 0 aromatic carbocycles. The van der Waals surface area contributed by atoms with E-state index in [0.717, 1.165) is 0 Å². The van der Waals surface area contributed by atoms with Gasteiger partial charge in [-0.2, -0.15) is 0 Å². The third-order valence-corrected chi connectivity index (χ3v) is 2.43. The van der Waals surface area contributed by atoms with Gasteiger partial charge >= 0.3 is 12.0 Å². The van der Waals surface area contributed by atoms with E-state index < -0.39 is 18.0 Å². The molecule has 106 valence electrons. The van der Waals surface area contributed by atoms with Crippen LogP contribution < -0.4 is 5.32 Å². The Morgan fingerprint density at radius 1 is 1.33 bits per heavy atom. The minimum absolute atomic E-state index is 0.139. The second-order valence-corrected chi connectivity index (χ2v) is 4.21. The van der Waals surface area contributed by atoms with Crippen LogP contribution in [0.3, 0.4) is 0 Å². The Balaban J connectivity index is 4.50. The number of carbonyl (C=O) groups excluding carboxylic acids is 1. The summed E-state index contributed by atoms with van der Waals surface area (Å²) >= 11 is 0. The quantitative estimate of drug-likeness (QED) is 0.560. The Labute approximate surface area is 107 Å². The molecule has 0 spiro atoms. The number of ether oxygens (including phenoxy) is 1. The zero-order chi connectivity index (χ0) is 14.1. The average Bonchev–Trinajstić information content (AvgIpc) is 2.30. The lowest BCUT2D eigenvalue weighted by Gasteiger charge is -2.25. The van der Waals surface area contributed by atoms with Gasteiger partial charge in [0, 0.05) is 20.2 Å². The van der Waals surface area contributed by atoms with Crippen LogP contribution in [0.25, 0.3) is 0 Å². The predicted octanol–water partition coefficient (Wildman–Crippen LogP) is -0.254. The Kier molecular flexibility index (Phi) is 8.06. The van der Waals surface area contributed by atoms with Crippen molar-refractivity contribution in [1.29, 1.82) is 0 Å². The maximum absolute atomic E-state index is 11.8. The molecule has 0 aliphatic carbocycles. The minimum atomic E-state index is -1.07. The number of carbonyl (C=O) groups is 2. The first kappa shape index (κ1) is 16.7. The van der Waals surface area contributed by atoms with Crippen molar-refractivity contribution < 1.29 is 24.5 Å². The van der Waals surface area contributed by atoms with Crippen molar-refractivity contribution in [2.75, 3.05) is 33.4 Å². The number of hydrogen-bond donors (Lipinski definition) is 3. The number of aliphatic carboxylic acids is 1. The van der Waals surface area contributed by atoms with E-state index in [1.54, 1.807) is 13.8 Å². The maximum atomic E-state index is 11.8. The molecule has 0 unspecified atom stereocenters. The highest BCUT2D eigenvalue weighted by molar-refractivity contribution is 5.82. The van der Waals surface area contributed by atoms with Gasteiger partial charge in [-0.1, -0.05) is 13.8 Å². The Morgan fingerprint density at radius 2 is 1.94 bits per heavy atom. The van der Waals surface area contributed by atoms with Crippen molar-refractivity contribution in [3.8, 4) is 0 Å². The summed E-state index contributed by atoms with van der Waals surface area (Å²) in [4.78, 5) is 24.1. The summed E-state index contributed by atoms with van der Waals surface area (Å²) in [6, 6.07) is -1.46. The SMILES string of the molecule is COCCN(CCO)C(=O)N[C@@H](C(=O)O)C(C)C. The number of methoxy groups -OCH3 is 1. The van der Waals surface area contributed by atoms with Crippen LogP contribution in [0.4, 0.5) is 4.79 Å². The molecule has 2 amide bonds. The number of amides is 2. The van der Waals surface area contributed by atoms with E-state index in [2.05, 4.69) is 5.32 Å². The first-order chi connectivity index (χ1) is 8.43. The van der Waals surface area contributed by atoms with Gasteiger partial charge in [-0.05, 0) is 5.92 Å². The smallest absolute Gasteiger partial charge is 0.326 e. The first-order valence-electron chi connectivity index (χ1n) is 5.82. The molecular formula is C11H22N2O5. The van der Waals surface area contributed by atoms with Crippen molar-refractivity contribution >= 4 is 12.0 Å². The number of aliphatic hydroxyl groups is 1. The lowest BCUT2D eigenvalue weighted by molar-refractivity contribution is -0.140. The molecule has 0 aromatic rings. The Hall–Kier alpha value is -1.34. The third-order valence-electron chi connectivity index (χ3n) is 2.43. The van der Waals surface area contributed by atoms with Gasteiger partial charge in [0.25, 0.3) is 0 Å². The van der Waals surface area contributed by atoms with Crippen LogP contribution in [0.15, 0.2) is 0 Å². The second kappa shape index (κ2) is 8.71. The molecule has 0 bridgehead atoms. The van der Waals surface area contributed by atoms with Gasteiger partial charge in [0.2, 0.25) is 0 Å². The van der Waals surface area contributed by atoms with Gasteiger partial charge in [-0.15, -0.1) is 0 Å². The Bertz CT molecular complexity index is 270. The van der Waals surface area contributed by atoms with Crippen LogP contribution in [0.2, 0.25) is 0 Å². The molecular weight excluding hydrogens is 240 g/mol. The summed E-state index contributed by atoms with van der Waals surface area (Å²) in [7, 11) is 1.50. The van der Waals surface area contributed by atoms with Gasteiger partial charge in [0.15, 0.2) is 0 Å². The summed E-state index contributed by atoms with van der Waals surface area (Å²) in [5.41, 5.74) is 0. The van der Waals surface area contributed by atoms with Crippen molar-refractivity contribution in [1.82, 2.24) is 10.2 Å².